The summed E-state index contributed by atoms with van der Waals surface area (Å²) in [5.74, 6) is 1.61. The van der Waals surface area contributed by atoms with Crippen LogP contribution in [0.25, 0.3) is 0 Å². The predicted octanol–water partition coefficient (Wildman–Crippen LogP) is 1.80. The Morgan fingerprint density at radius 2 is 2.19 bits per heavy atom. The fourth-order valence-corrected chi connectivity index (χ4v) is 3.15. The van der Waals surface area contributed by atoms with E-state index in [1.807, 2.05) is 0 Å². The molecule has 1 aliphatic carbocycles. The molecular weight excluding hydrogens is 264 g/mol. The maximum atomic E-state index is 12.3. The molecule has 21 heavy (non-hydrogen) atoms. The third-order valence-electron chi connectivity index (χ3n) is 4.41. The lowest BCUT2D eigenvalue weighted by Gasteiger charge is -2.15. The first-order chi connectivity index (χ1) is 10.1. The number of hydrogen-bond donors (Lipinski definition) is 1. The Hall–Kier alpha value is -1.36. The van der Waals surface area contributed by atoms with Crippen molar-refractivity contribution in [3.8, 4) is 0 Å². The Bertz CT molecular complexity index is 535. The Kier molecular flexibility index (Phi) is 4.29. The van der Waals surface area contributed by atoms with E-state index in [4.69, 9.17) is 0 Å². The molecule has 0 radical (unpaired) electrons. The lowest BCUT2D eigenvalue weighted by atomic mass is 10.1. The average Bonchev–Trinajstić information content (AvgIpc) is 3.19. The molecule has 116 valence electrons. The van der Waals surface area contributed by atoms with Crippen molar-refractivity contribution in [3.05, 3.63) is 22.7 Å². The summed E-state index contributed by atoms with van der Waals surface area (Å²) in [5, 5.41) is 3.28. The van der Waals surface area contributed by atoms with Gasteiger partial charge in [-0.15, -0.1) is 0 Å². The third-order valence-corrected chi connectivity index (χ3v) is 4.41. The molecule has 2 heterocycles. The Balaban J connectivity index is 1.56. The first-order valence-corrected chi connectivity index (χ1v) is 8.17. The van der Waals surface area contributed by atoms with Crippen molar-refractivity contribution in [3.63, 3.8) is 0 Å². The molecule has 0 aromatic carbocycles. The van der Waals surface area contributed by atoms with Gasteiger partial charge in [0.25, 0.3) is 5.56 Å². The first-order valence-electron chi connectivity index (χ1n) is 8.17. The van der Waals surface area contributed by atoms with Crippen LogP contribution in [0.5, 0.6) is 0 Å². The van der Waals surface area contributed by atoms with Crippen LogP contribution in [0, 0.1) is 11.8 Å². The van der Waals surface area contributed by atoms with Crippen LogP contribution in [0.1, 0.15) is 33.1 Å². The highest BCUT2D eigenvalue weighted by Crippen LogP contribution is 2.31. The molecule has 1 atom stereocenters. The van der Waals surface area contributed by atoms with Crippen LogP contribution in [0.4, 0.5) is 5.82 Å². The number of aromatic nitrogens is 2. The summed E-state index contributed by atoms with van der Waals surface area (Å²) in [4.78, 5) is 19.1. The first kappa shape index (κ1) is 14.6. The lowest BCUT2D eigenvalue weighted by Crippen LogP contribution is -2.29. The van der Waals surface area contributed by atoms with Crippen molar-refractivity contribution in [2.45, 2.75) is 45.7 Å². The summed E-state index contributed by atoms with van der Waals surface area (Å²) < 4.78 is 1.76. The molecule has 1 aromatic rings. The maximum Gasteiger partial charge on any atom is 0.293 e. The van der Waals surface area contributed by atoms with Gasteiger partial charge in [0.1, 0.15) is 0 Å². The Morgan fingerprint density at radius 1 is 1.38 bits per heavy atom. The number of likely N-dealkylation sites (tertiary alicyclic amines) is 1. The molecule has 1 aliphatic heterocycles. The molecule has 1 N–H and O–H groups in total. The van der Waals surface area contributed by atoms with E-state index in [1.54, 1.807) is 17.0 Å². The van der Waals surface area contributed by atoms with E-state index in [0.717, 1.165) is 19.1 Å². The second-order valence-electron chi connectivity index (χ2n) is 6.89. The fraction of sp³-hybridized carbons (Fsp3) is 0.750. The minimum Gasteiger partial charge on any atom is -0.365 e. The summed E-state index contributed by atoms with van der Waals surface area (Å²) in [5.41, 5.74) is 0.00301. The topological polar surface area (TPSA) is 50.2 Å². The molecular formula is C16H26N4O. The smallest absolute Gasteiger partial charge is 0.293 e. The van der Waals surface area contributed by atoms with E-state index >= 15 is 0 Å². The van der Waals surface area contributed by atoms with Crippen LogP contribution in [-0.4, -0.2) is 40.1 Å². The Labute approximate surface area is 126 Å². The number of anilines is 1. The summed E-state index contributed by atoms with van der Waals surface area (Å²) >= 11 is 0. The van der Waals surface area contributed by atoms with Gasteiger partial charge in [0, 0.05) is 38.1 Å². The number of nitrogens with one attached hydrogen (secondary N) is 1. The number of hydrogen-bond acceptors (Lipinski definition) is 4. The molecule has 5 heteroatoms. The van der Waals surface area contributed by atoms with Gasteiger partial charge in [0.05, 0.1) is 0 Å². The van der Waals surface area contributed by atoms with Crippen LogP contribution in [0.2, 0.25) is 0 Å². The van der Waals surface area contributed by atoms with E-state index in [2.05, 4.69) is 29.0 Å². The van der Waals surface area contributed by atoms with E-state index < -0.39 is 0 Å². The molecule has 1 saturated heterocycles. The fourth-order valence-electron chi connectivity index (χ4n) is 3.15. The maximum absolute atomic E-state index is 12.3. The standard InChI is InChI=1S/C16H26N4O/c1-12(2)10-20-8-6-17-15(16(20)21)18-9-13-5-7-19(11-13)14-3-4-14/h6,8,12-14H,3-5,7,9-11H2,1-2H3,(H,17,18). The molecule has 5 nitrogen and oxygen atoms in total. The molecule has 0 amide bonds. The van der Waals surface area contributed by atoms with Crippen LogP contribution < -0.4 is 10.9 Å². The zero-order valence-electron chi connectivity index (χ0n) is 13.1. The van der Waals surface area contributed by atoms with Crippen molar-refractivity contribution in [2.75, 3.05) is 25.0 Å². The van der Waals surface area contributed by atoms with Crippen LogP contribution in [0.15, 0.2) is 17.2 Å². The monoisotopic (exact) mass is 290 g/mol. The van der Waals surface area contributed by atoms with Crippen LogP contribution in [0.3, 0.4) is 0 Å². The van der Waals surface area contributed by atoms with Gasteiger partial charge in [-0.25, -0.2) is 4.98 Å². The summed E-state index contributed by atoms with van der Waals surface area (Å²) in [6.07, 6.45) is 7.48. The van der Waals surface area contributed by atoms with Gasteiger partial charge >= 0.3 is 0 Å². The molecule has 2 aliphatic rings. The van der Waals surface area contributed by atoms with Gasteiger partial charge in [-0.2, -0.15) is 0 Å². The third kappa shape index (κ3) is 3.64. The molecule has 1 unspecified atom stereocenters. The largest absolute Gasteiger partial charge is 0.365 e. The molecule has 1 aromatic heterocycles. The number of nitrogens with zero attached hydrogens (tertiary/aromatic N) is 3. The zero-order valence-corrected chi connectivity index (χ0v) is 13.1. The van der Waals surface area contributed by atoms with Gasteiger partial charge in [-0.1, -0.05) is 13.8 Å². The minimum atomic E-state index is 0.00301. The highest BCUT2D eigenvalue weighted by molar-refractivity contribution is 5.30. The highest BCUT2D eigenvalue weighted by atomic mass is 16.1. The molecule has 1 saturated carbocycles. The van der Waals surface area contributed by atoms with Crippen molar-refractivity contribution in [2.24, 2.45) is 11.8 Å². The van der Waals surface area contributed by atoms with Crippen molar-refractivity contribution in [1.82, 2.24) is 14.5 Å². The SMILES string of the molecule is CC(C)Cn1ccnc(NCC2CCN(C3CC3)C2)c1=O. The summed E-state index contributed by atoms with van der Waals surface area (Å²) in [6, 6.07) is 0.855. The molecule has 3 rings (SSSR count). The predicted molar refractivity (Wildman–Crippen MR) is 84.5 cm³/mol. The van der Waals surface area contributed by atoms with Crippen LogP contribution >= 0.6 is 0 Å². The van der Waals surface area contributed by atoms with Crippen LogP contribution in [-0.2, 0) is 6.54 Å². The van der Waals surface area contributed by atoms with E-state index in [-0.39, 0.29) is 5.56 Å². The molecule has 2 fully saturated rings. The van der Waals surface area contributed by atoms with Gasteiger partial charge < -0.3 is 14.8 Å². The molecule has 0 spiro atoms. The van der Waals surface area contributed by atoms with Gasteiger partial charge in [-0.05, 0) is 37.6 Å². The second kappa shape index (κ2) is 6.18. The van der Waals surface area contributed by atoms with Crippen molar-refractivity contribution >= 4 is 5.82 Å². The second-order valence-corrected chi connectivity index (χ2v) is 6.89. The summed E-state index contributed by atoms with van der Waals surface area (Å²) in [7, 11) is 0. The van der Waals surface area contributed by atoms with Crippen molar-refractivity contribution in [1.29, 1.82) is 0 Å². The Morgan fingerprint density at radius 3 is 2.90 bits per heavy atom. The van der Waals surface area contributed by atoms with E-state index in [0.29, 0.717) is 17.7 Å². The van der Waals surface area contributed by atoms with Gasteiger partial charge in [-0.3, -0.25) is 4.79 Å². The zero-order chi connectivity index (χ0) is 14.8. The van der Waals surface area contributed by atoms with E-state index in [9.17, 15) is 4.79 Å². The van der Waals surface area contributed by atoms with Gasteiger partial charge in [0.2, 0.25) is 0 Å². The summed E-state index contributed by atoms with van der Waals surface area (Å²) in [6.45, 7) is 8.23. The van der Waals surface area contributed by atoms with Crippen molar-refractivity contribution < 1.29 is 0 Å². The number of rotatable bonds is 6. The normalized spacial score (nSPS) is 22.9. The lowest BCUT2D eigenvalue weighted by molar-refractivity contribution is 0.316. The molecule has 0 bridgehead atoms. The average molecular weight is 290 g/mol. The van der Waals surface area contributed by atoms with Gasteiger partial charge in [0.15, 0.2) is 5.82 Å². The minimum absolute atomic E-state index is 0.00301. The highest BCUT2D eigenvalue weighted by Gasteiger charge is 2.34. The quantitative estimate of drug-likeness (QED) is 0.868. The van der Waals surface area contributed by atoms with E-state index in [1.165, 1.54) is 32.4 Å².